The van der Waals surface area contributed by atoms with Gasteiger partial charge >= 0.3 is 0 Å². The fourth-order valence-electron chi connectivity index (χ4n) is 2.63. The summed E-state index contributed by atoms with van der Waals surface area (Å²) in [6.45, 7) is 23.3. The average Bonchev–Trinajstić information content (AvgIpc) is 2.98. The molecule has 0 aliphatic heterocycles. The second kappa shape index (κ2) is 7.74. The van der Waals surface area contributed by atoms with Gasteiger partial charge in [0.15, 0.2) is 0 Å². The highest BCUT2D eigenvalue weighted by atomic mass is 14.5. The predicted molar refractivity (Wildman–Crippen MR) is 90.6 cm³/mol. The van der Waals surface area contributed by atoms with E-state index in [2.05, 4.69) is 69.2 Å². The normalized spacial score (nSPS) is 17.4. The number of rotatable bonds is 4. The van der Waals surface area contributed by atoms with Crippen molar-refractivity contribution in [2.24, 2.45) is 34.5 Å². The Hall–Kier alpha value is 0.0649. The van der Waals surface area contributed by atoms with Crippen molar-refractivity contribution in [1.29, 1.82) is 0 Å². The summed E-state index contributed by atoms with van der Waals surface area (Å²) in [6.07, 6.45) is 2.95. The zero-order valence-electron chi connectivity index (χ0n) is 15.3. The van der Waals surface area contributed by atoms with Crippen LogP contribution < -0.4 is 0 Å². The van der Waals surface area contributed by atoms with Gasteiger partial charge in [0.05, 0.1) is 0 Å². The van der Waals surface area contributed by atoms with Crippen molar-refractivity contribution in [2.45, 2.75) is 82.1 Å². The van der Waals surface area contributed by atoms with Crippen molar-refractivity contribution < 1.29 is 0 Å². The van der Waals surface area contributed by atoms with Gasteiger partial charge in [0.2, 0.25) is 0 Å². The Bertz CT molecular complexity index is 198. The smallest absolute Gasteiger partial charge is 0 e. The fraction of sp³-hybridized carbons (Fsp3) is 1.00. The Balaban J connectivity index is 0. The molecule has 1 heteroatoms. The maximum atomic E-state index is 2.35. The summed E-state index contributed by atoms with van der Waals surface area (Å²) >= 11 is 0. The molecule has 0 aromatic heterocycles. The molecule has 0 spiro atoms. The molecule has 1 fully saturated rings. The first-order chi connectivity index (χ1) is 7.98. The van der Waals surface area contributed by atoms with Crippen LogP contribution in [-0.4, -0.2) is 8.41 Å². The van der Waals surface area contributed by atoms with Crippen LogP contribution in [-0.2, 0) is 0 Å². The minimum absolute atomic E-state index is 0. The van der Waals surface area contributed by atoms with Gasteiger partial charge in [0.1, 0.15) is 0 Å². The van der Waals surface area contributed by atoms with Gasteiger partial charge in [-0.2, -0.15) is 0 Å². The molecule has 1 aliphatic carbocycles. The van der Waals surface area contributed by atoms with Crippen LogP contribution in [0.15, 0.2) is 0 Å². The zero-order valence-corrected chi connectivity index (χ0v) is 15.3. The molecular formula is C18H38B. The van der Waals surface area contributed by atoms with Crippen LogP contribution in [0, 0.1) is 34.5 Å². The molecule has 0 unspecified atom stereocenters. The highest BCUT2D eigenvalue weighted by Crippen LogP contribution is 2.57. The minimum Gasteiger partial charge on any atom is -0.0623 e. The van der Waals surface area contributed by atoms with Crippen LogP contribution in [0.3, 0.4) is 0 Å². The summed E-state index contributed by atoms with van der Waals surface area (Å²) in [7, 11) is 0. The van der Waals surface area contributed by atoms with Crippen molar-refractivity contribution in [3.63, 3.8) is 0 Å². The highest BCUT2D eigenvalue weighted by molar-refractivity contribution is 5.75. The summed E-state index contributed by atoms with van der Waals surface area (Å²) in [4.78, 5) is 0. The first-order valence-corrected chi connectivity index (χ1v) is 7.98. The quantitative estimate of drug-likeness (QED) is 0.545. The van der Waals surface area contributed by atoms with Gasteiger partial charge in [-0.05, 0) is 47.3 Å². The molecule has 113 valence electrons. The summed E-state index contributed by atoms with van der Waals surface area (Å²) in [5, 5.41) is 0. The third-order valence-electron chi connectivity index (χ3n) is 6.10. The molecule has 1 rings (SSSR count). The van der Waals surface area contributed by atoms with E-state index in [4.69, 9.17) is 0 Å². The Morgan fingerprint density at radius 2 is 0.947 bits per heavy atom. The third-order valence-corrected chi connectivity index (χ3v) is 6.10. The molecular weight excluding hydrogens is 227 g/mol. The monoisotopic (exact) mass is 265 g/mol. The van der Waals surface area contributed by atoms with Crippen LogP contribution >= 0.6 is 0 Å². The molecule has 0 amide bonds. The van der Waals surface area contributed by atoms with Crippen molar-refractivity contribution in [1.82, 2.24) is 0 Å². The number of hydrogen-bond donors (Lipinski definition) is 0. The predicted octanol–water partition coefficient (Wildman–Crippen LogP) is 6.02. The van der Waals surface area contributed by atoms with Gasteiger partial charge < -0.3 is 0 Å². The molecule has 3 radical (unpaired) electrons. The average molecular weight is 265 g/mol. The SMILES string of the molecule is CC(C)C(C)(C)C(C)C.CC(C)C1(C(C)C)CC1.[B]. The molecule has 0 nitrogen and oxygen atoms in total. The van der Waals surface area contributed by atoms with Crippen molar-refractivity contribution in [3.8, 4) is 0 Å². The fourth-order valence-corrected chi connectivity index (χ4v) is 2.63. The molecule has 0 saturated heterocycles. The van der Waals surface area contributed by atoms with E-state index in [1.807, 2.05) is 0 Å². The topological polar surface area (TPSA) is 0 Å². The van der Waals surface area contributed by atoms with Crippen LogP contribution in [0.25, 0.3) is 0 Å². The summed E-state index contributed by atoms with van der Waals surface area (Å²) < 4.78 is 0. The Kier molecular flexibility index (Phi) is 8.71. The largest absolute Gasteiger partial charge is 0.0623 e. The molecule has 0 aromatic carbocycles. The van der Waals surface area contributed by atoms with E-state index in [0.29, 0.717) is 5.41 Å². The second-order valence-electron chi connectivity index (χ2n) is 8.17. The van der Waals surface area contributed by atoms with E-state index in [0.717, 1.165) is 29.1 Å². The Labute approximate surface area is 125 Å². The highest BCUT2D eigenvalue weighted by Gasteiger charge is 2.47. The van der Waals surface area contributed by atoms with Crippen molar-refractivity contribution >= 4 is 8.41 Å². The van der Waals surface area contributed by atoms with E-state index in [1.165, 1.54) is 12.8 Å². The molecule has 0 bridgehead atoms. The third kappa shape index (κ3) is 5.52. The molecule has 0 aromatic rings. The van der Waals surface area contributed by atoms with Crippen molar-refractivity contribution in [3.05, 3.63) is 0 Å². The molecule has 1 aliphatic rings. The van der Waals surface area contributed by atoms with Gasteiger partial charge in [0, 0.05) is 8.41 Å². The van der Waals surface area contributed by atoms with Crippen molar-refractivity contribution in [2.75, 3.05) is 0 Å². The van der Waals surface area contributed by atoms with Gasteiger partial charge in [-0.3, -0.25) is 0 Å². The molecule has 0 heterocycles. The van der Waals surface area contributed by atoms with E-state index >= 15 is 0 Å². The van der Waals surface area contributed by atoms with Crippen LogP contribution in [0.1, 0.15) is 82.1 Å². The second-order valence-corrected chi connectivity index (χ2v) is 8.17. The molecule has 19 heavy (non-hydrogen) atoms. The lowest BCUT2D eigenvalue weighted by Crippen LogP contribution is -2.25. The number of hydrogen-bond acceptors (Lipinski definition) is 0. The first kappa shape index (κ1) is 21.4. The minimum atomic E-state index is 0. The van der Waals surface area contributed by atoms with Gasteiger partial charge in [0.25, 0.3) is 0 Å². The molecule has 0 N–H and O–H groups in total. The van der Waals surface area contributed by atoms with E-state index in [-0.39, 0.29) is 8.41 Å². The Morgan fingerprint density at radius 1 is 0.684 bits per heavy atom. The Morgan fingerprint density at radius 3 is 0.947 bits per heavy atom. The molecule has 0 atom stereocenters. The van der Waals surface area contributed by atoms with E-state index < -0.39 is 0 Å². The standard InChI is InChI=1S/C9H18.C9H20.B/c1-7(2)9(5-6-9)8(3)4;1-7(2)9(5,6)8(3)4;/h7-8H,5-6H2,1-4H3;7-8H,1-6H3;. The van der Waals surface area contributed by atoms with Gasteiger partial charge in [-0.25, -0.2) is 0 Å². The van der Waals surface area contributed by atoms with Crippen LogP contribution in [0.5, 0.6) is 0 Å². The van der Waals surface area contributed by atoms with Crippen LogP contribution in [0.4, 0.5) is 0 Å². The van der Waals surface area contributed by atoms with Gasteiger partial charge in [-0.1, -0.05) is 69.2 Å². The lowest BCUT2D eigenvalue weighted by atomic mass is 9.72. The maximum absolute atomic E-state index is 2.35. The van der Waals surface area contributed by atoms with E-state index in [9.17, 15) is 0 Å². The maximum Gasteiger partial charge on any atom is 0 e. The van der Waals surface area contributed by atoms with Crippen LogP contribution in [0.2, 0.25) is 0 Å². The van der Waals surface area contributed by atoms with Gasteiger partial charge in [-0.15, -0.1) is 0 Å². The summed E-state index contributed by atoms with van der Waals surface area (Å²) in [5.41, 5.74) is 1.25. The molecule has 1 saturated carbocycles. The zero-order chi connectivity index (χ0) is 14.7. The lowest BCUT2D eigenvalue weighted by molar-refractivity contribution is 0.165. The van der Waals surface area contributed by atoms with E-state index in [1.54, 1.807) is 0 Å². The summed E-state index contributed by atoms with van der Waals surface area (Å²) in [5.74, 6) is 3.38. The summed E-state index contributed by atoms with van der Waals surface area (Å²) in [6, 6.07) is 0. The first-order valence-electron chi connectivity index (χ1n) is 7.98. The lowest BCUT2D eigenvalue weighted by Gasteiger charge is -2.33.